The number of hydrogen-bond acceptors (Lipinski definition) is 4. The van der Waals surface area contributed by atoms with Crippen molar-refractivity contribution in [1.82, 2.24) is 4.90 Å². The molecule has 1 aliphatic rings. The Morgan fingerprint density at radius 1 is 0.586 bits per heavy atom. The number of piperazine rings is 1. The fourth-order valence-electron chi connectivity index (χ4n) is 3.66. The fourth-order valence-corrected chi connectivity index (χ4v) is 3.66. The van der Waals surface area contributed by atoms with Crippen molar-refractivity contribution in [1.29, 1.82) is 0 Å². The molecule has 1 heterocycles. The molecule has 0 N–H and O–H groups in total. The van der Waals surface area contributed by atoms with E-state index in [1.54, 1.807) is 0 Å². The molecule has 0 aliphatic carbocycles. The van der Waals surface area contributed by atoms with E-state index in [0.717, 1.165) is 37.7 Å². The monoisotopic (exact) mass is 388 g/mol. The van der Waals surface area contributed by atoms with Gasteiger partial charge in [0.05, 0.1) is 6.04 Å². The fraction of sp³-hybridized carbons (Fsp3) is 0.280. The summed E-state index contributed by atoms with van der Waals surface area (Å²) < 4.78 is 12.2. The molecule has 4 rings (SSSR count). The number of anilines is 1. The van der Waals surface area contributed by atoms with E-state index < -0.39 is 0 Å². The molecule has 3 aromatic carbocycles. The lowest BCUT2D eigenvalue weighted by atomic mass is 10.2. The highest BCUT2D eigenvalue weighted by atomic mass is 16.5. The van der Waals surface area contributed by atoms with Crippen molar-refractivity contribution in [3.8, 4) is 11.5 Å². The molecule has 1 saturated heterocycles. The van der Waals surface area contributed by atoms with E-state index >= 15 is 0 Å². The van der Waals surface area contributed by atoms with Crippen LogP contribution in [0.4, 0.5) is 5.69 Å². The summed E-state index contributed by atoms with van der Waals surface area (Å²) in [7, 11) is 0. The average Bonchev–Trinajstić information content (AvgIpc) is 2.81. The van der Waals surface area contributed by atoms with E-state index in [0.29, 0.717) is 13.2 Å². The van der Waals surface area contributed by atoms with Crippen molar-refractivity contribution in [2.75, 3.05) is 44.3 Å². The van der Waals surface area contributed by atoms with Crippen molar-refractivity contribution >= 4 is 5.69 Å². The van der Waals surface area contributed by atoms with Gasteiger partial charge in [0.25, 0.3) is 0 Å². The van der Waals surface area contributed by atoms with Crippen molar-refractivity contribution in [3.05, 3.63) is 91.0 Å². The minimum absolute atomic E-state index is 0.202. The molecule has 0 aromatic heterocycles. The molecule has 1 aliphatic heterocycles. The summed E-state index contributed by atoms with van der Waals surface area (Å²) in [5.41, 5.74) is 1.30. The predicted octanol–water partition coefficient (Wildman–Crippen LogP) is 4.34. The normalized spacial score (nSPS) is 14.7. The molecule has 29 heavy (non-hydrogen) atoms. The van der Waals surface area contributed by atoms with Gasteiger partial charge < -0.3 is 14.4 Å². The summed E-state index contributed by atoms with van der Waals surface area (Å²) in [5, 5.41) is 0. The van der Waals surface area contributed by atoms with Crippen LogP contribution in [0.3, 0.4) is 0 Å². The summed E-state index contributed by atoms with van der Waals surface area (Å²) in [6.45, 7) is 5.24. The Balaban J connectivity index is 1.37. The van der Waals surface area contributed by atoms with E-state index in [4.69, 9.17) is 9.47 Å². The Morgan fingerprint density at radius 3 is 1.52 bits per heavy atom. The van der Waals surface area contributed by atoms with Crippen LogP contribution in [0.15, 0.2) is 91.0 Å². The number of rotatable bonds is 8. The van der Waals surface area contributed by atoms with E-state index in [9.17, 15) is 0 Å². The summed E-state index contributed by atoms with van der Waals surface area (Å²) in [6.07, 6.45) is 0. The number of benzene rings is 3. The zero-order chi connectivity index (χ0) is 19.7. The third-order valence-electron chi connectivity index (χ3n) is 5.32. The second-order valence-corrected chi connectivity index (χ2v) is 7.26. The minimum Gasteiger partial charge on any atom is -0.492 e. The summed E-state index contributed by atoms with van der Waals surface area (Å²) >= 11 is 0. The zero-order valence-corrected chi connectivity index (χ0v) is 16.7. The molecule has 0 amide bonds. The smallest absolute Gasteiger partial charge is 0.119 e. The highest BCUT2D eigenvalue weighted by Crippen LogP contribution is 2.18. The van der Waals surface area contributed by atoms with Crippen LogP contribution in [0.2, 0.25) is 0 Å². The van der Waals surface area contributed by atoms with E-state index in [2.05, 4.69) is 40.1 Å². The Hall–Kier alpha value is -2.98. The Labute approximate surface area is 173 Å². The van der Waals surface area contributed by atoms with Crippen LogP contribution in [0.1, 0.15) is 0 Å². The molecule has 4 nitrogen and oxygen atoms in total. The lowest BCUT2D eigenvalue weighted by Gasteiger charge is -2.40. The van der Waals surface area contributed by atoms with Crippen LogP contribution in [0.25, 0.3) is 0 Å². The SMILES string of the molecule is c1ccc(OCC(COc2ccccc2)N2CCN(c3ccccc3)CC2)cc1. The Kier molecular flexibility index (Phi) is 6.66. The second kappa shape index (κ2) is 9.99. The van der Waals surface area contributed by atoms with Crippen molar-refractivity contribution in [2.45, 2.75) is 6.04 Å². The van der Waals surface area contributed by atoms with Gasteiger partial charge in [-0.3, -0.25) is 4.90 Å². The van der Waals surface area contributed by atoms with Crippen LogP contribution in [0.5, 0.6) is 11.5 Å². The van der Waals surface area contributed by atoms with Gasteiger partial charge in [-0.1, -0.05) is 54.6 Å². The van der Waals surface area contributed by atoms with Crippen molar-refractivity contribution < 1.29 is 9.47 Å². The van der Waals surface area contributed by atoms with Gasteiger partial charge in [0.1, 0.15) is 24.7 Å². The van der Waals surface area contributed by atoms with Crippen LogP contribution in [-0.2, 0) is 0 Å². The largest absolute Gasteiger partial charge is 0.492 e. The quantitative estimate of drug-likeness (QED) is 0.573. The minimum atomic E-state index is 0.202. The molecule has 0 saturated carbocycles. The third-order valence-corrected chi connectivity index (χ3v) is 5.32. The van der Waals surface area contributed by atoms with Gasteiger partial charge in [-0.25, -0.2) is 0 Å². The van der Waals surface area contributed by atoms with E-state index in [1.165, 1.54) is 5.69 Å². The van der Waals surface area contributed by atoms with Gasteiger partial charge in [-0.15, -0.1) is 0 Å². The molecule has 4 heteroatoms. The highest BCUT2D eigenvalue weighted by Gasteiger charge is 2.25. The third kappa shape index (κ3) is 5.52. The molecule has 1 fully saturated rings. The number of ether oxygens (including phenoxy) is 2. The van der Waals surface area contributed by atoms with Gasteiger partial charge in [0.15, 0.2) is 0 Å². The first-order valence-corrected chi connectivity index (χ1v) is 10.3. The molecule has 0 bridgehead atoms. The van der Waals surface area contributed by atoms with Crippen LogP contribution < -0.4 is 14.4 Å². The maximum Gasteiger partial charge on any atom is 0.119 e. The lowest BCUT2D eigenvalue weighted by molar-refractivity contribution is 0.0864. The topological polar surface area (TPSA) is 24.9 Å². The lowest BCUT2D eigenvalue weighted by Crippen LogP contribution is -2.53. The number of hydrogen-bond donors (Lipinski definition) is 0. The average molecular weight is 389 g/mol. The van der Waals surface area contributed by atoms with Crippen LogP contribution in [0, 0.1) is 0 Å². The van der Waals surface area contributed by atoms with Gasteiger partial charge in [0, 0.05) is 31.9 Å². The first-order chi connectivity index (χ1) is 14.4. The van der Waals surface area contributed by atoms with Crippen LogP contribution >= 0.6 is 0 Å². The molecule has 150 valence electrons. The first kappa shape index (κ1) is 19.3. The standard InChI is InChI=1S/C25H28N2O2/c1-4-10-22(11-5-1)26-16-18-27(19-17-26)23(20-28-24-12-6-2-7-13-24)21-29-25-14-8-3-9-15-25/h1-15,23H,16-21H2. The van der Waals surface area contributed by atoms with Gasteiger partial charge in [0.2, 0.25) is 0 Å². The number of nitrogens with zero attached hydrogens (tertiary/aromatic N) is 2. The zero-order valence-electron chi connectivity index (χ0n) is 16.7. The maximum absolute atomic E-state index is 6.09. The van der Waals surface area contributed by atoms with Gasteiger partial charge in [-0.2, -0.15) is 0 Å². The molecule has 0 radical (unpaired) electrons. The van der Waals surface area contributed by atoms with Gasteiger partial charge in [-0.05, 0) is 36.4 Å². The Bertz CT molecular complexity index is 791. The summed E-state index contributed by atoms with van der Waals surface area (Å²) in [6, 6.07) is 30.9. The first-order valence-electron chi connectivity index (χ1n) is 10.3. The molecule has 0 spiro atoms. The summed E-state index contributed by atoms with van der Waals surface area (Å²) in [5.74, 6) is 1.81. The number of para-hydroxylation sites is 3. The summed E-state index contributed by atoms with van der Waals surface area (Å²) in [4.78, 5) is 4.94. The Morgan fingerprint density at radius 2 is 1.03 bits per heavy atom. The van der Waals surface area contributed by atoms with Gasteiger partial charge >= 0.3 is 0 Å². The van der Waals surface area contributed by atoms with Crippen molar-refractivity contribution in [2.24, 2.45) is 0 Å². The highest BCUT2D eigenvalue weighted by molar-refractivity contribution is 5.46. The molecule has 0 unspecified atom stereocenters. The molecular weight excluding hydrogens is 360 g/mol. The van der Waals surface area contributed by atoms with E-state index in [1.807, 2.05) is 60.7 Å². The predicted molar refractivity (Wildman–Crippen MR) is 118 cm³/mol. The second-order valence-electron chi connectivity index (χ2n) is 7.26. The van der Waals surface area contributed by atoms with Crippen molar-refractivity contribution in [3.63, 3.8) is 0 Å². The maximum atomic E-state index is 6.09. The molecule has 0 atom stereocenters. The molecule has 3 aromatic rings. The van der Waals surface area contributed by atoms with E-state index in [-0.39, 0.29) is 6.04 Å². The molecular formula is C25H28N2O2. The van der Waals surface area contributed by atoms with Crippen LogP contribution in [-0.4, -0.2) is 50.3 Å².